The van der Waals surface area contributed by atoms with Crippen molar-refractivity contribution in [1.29, 1.82) is 5.26 Å². The van der Waals surface area contributed by atoms with Gasteiger partial charge in [-0.3, -0.25) is 19.5 Å². The molecule has 7 heteroatoms. The molecule has 1 saturated heterocycles. The van der Waals surface area contributed by atoms with Crippen molar-refractivity contribution in [2.75, 3.05) is 11.5 Å². The molecule has 1 N–H and O–H groups in total. The van der Waals surface area contributed by atoms with Crippen LogP contribution >= 0.6 is 0 Å². The maximum atomic E-state index is 13.4. The smallest absolute Gasteiger partial charge is 0.300 e. The van der Waals surface area contributed by atoms with Gasteiger partial charge in [-0.1, -0.05) is 20.8 Å². The Labute approximate surface area is 210 Å². The number of anilines is 1. The summed E-state index contributed by atoms with van der Waals surface area (Å²) in [5.74, 6) is -1.11. The molecule has 0 bridgehead atoms. The number of aliphatic hydroxyl groups is 1. The first-order chi connectivity index (χ1) is 17.2. The molecule has 1 aliphatic rings. The lowest BCUT2D eigenvalue weighted by atomic mass is 9.84. The van der Waals surface area contributed by atoms with E-state index < -0.39 is 17.7 Å². The third kappa shape index (κ3) is 4.46. The number of Topliss-reactive ketones (excluding diaryl/α,β-unsaturated/α-hetero) is 1. The van der Waals surface area contributed by atoms with E-state index in [2.05, 4.69) is 4.98 Å². The number of ether oxygens (including phenoxy) is 1. The number of nitrogens with zero attached hydrogens (tertiary/aromatic N) is 3. The molecule has 2 heterocycles. The highest BCUT2D eigenvalue weighted by atomic mass is 16.5. The highest BCUT2D eigenvalue weighted by Gasteiger charge is 2.47. The number of rotatable bonds is 5. The quantitative estimate of drug-likeness (QED) is 0.302. The Morgan fingerprint density at radius 2 is 1.75 bits per heavy atom. The number of hydrogen-bond acceptors (Lipinski definition) is 6. The summed E-state index contributed by atoms with van der Waals surface area (Å²) in [6.45, 7) is 8.51. The number of pyridine rings is 1. The van der Waals surface area contributed by atoms with Crippen molar-refractivity contribution in [3.8, 4) is 11.8 Å². The van der Waals surface area contributed by atoms with Crippen LogP contribution in [-0.2, 0) is 15.0 Å². The van der Waals surface area contributed by atoms with Gasteiger partial charge in [0.15, 0.2) is 0 Å². The molecule has 3 aromatic rings. The van der Waals surface area contributed by atoms with Gasteiger partial charge in [0, 0.05) is 29.2 Å². The average Bonchev–Trinajstić information content (AvgIpc) is 3.14. The third-order valence-electron chi connectivity index (χ3n) is 6.10. The van der Waals surface area contributed by atoms with Crippen molar-refractivity contribution in [2.24, 2.45) is 0 Å². The Kier molecular flexibility index (Phi) is 6.63. The standard InChI is InChI=1S/C29H27N3O4/c1-5-36-23-11-8-20(16-22(23)29(2,3)4)26(33)24-25(19-12-14-31-15-13-19)32(28(35)27(24)34)21-9-6-18(17-30)7-10-21/h6-16,25,33H,5H2,1-4H3/b26-24-. The summed E-state index contributed by atoms with van der Waals surface area (Å²) in [5, 5.41) is 20.6. The second kappa shape index (κ2) is 9.67. The minimum absolute atomic E-state index is 0.0143. The predicted molar refractivity (Wildman–Crippen MR) is 136 cm³/mol. The van der Waals surface area contributed by atoms with Crippen LogP contribution in [0.2, 0.25) is 0 Å². The van der Waals surface area contributed by atoms with E-state index in [1.165, 1.54) is 4.90 Å². The molecule has 2 aromatic carbocycles. The highest BCUT2D eigenvalue weighted by Crippen LogP contribution is 2.43. The minimum atomic E-state index is -0.870. The lowest BCUT2D eigenvalue weighted by Gasteiger charge is -2.26. The average molecular weight is 482 g/mol. The molecule has 1 amide bonds. The van der Waals surface area contributed by atoms with Crippen molar-refractivity contribution in [3.63, 3.8) is 0 Å². The van der Waals surface area contributed by atoms with Crippen LogP contribution in [-0.4, -0.2) is 28.4 Å². The third-order valence-corrected chi connectivity index (χ3v) is 6.10. The zero-order chi connectivity index (χ0) is 26.0. The van der Waals surface area contributed by atoms with E-state index in [4.69, 9.17) is 10.00 Å². The molecular weight excluding hydrogens is 454 g/mol. The summed E-state index contributed by atoms with van der Waals surface area (Å²) in [7, 11) is 0. The number of aliphatic hydroxyl groups excluding tert-OH is 1. The molecule has 4 rings (SSSR count). The summed E-state index contributed by atoms with van der Waals surface area (Å²) in [4.78, 5) is 32.0. The molecule has 36 heavy (non-hydrogen) atoms. The van der Waals surface area contributed by atoms with E-state index in [9.17, 15) is 14.7 Å². The van der Waals surface area contributed by atoms with Gasteiger partial charge in [-0.15, -0.1) is 0 Å². The number of benzene rings is 2. The summed E-state index contributed by atoms with van der Waals surface area (Å²) in [6.07, 6.45) is 3.14. The summed E-state index contributed by atoms with van der Waals surface area (Å²) >= 11 is 0. The molecule has 1 fully saturated rings. The van der Waals surface area contributed by atoms with Crippen LogP contribution in [0, 0.1) is 11.3 Å². The topological polar surface area (TPSA) is 104 Å². The van der Waals surface area contributed by atoms with E-state index in [-0.39, 0.29) is 16.7 Å². The van der Waals surface area contributed by atoms with Gasteiger partial charge in [0.2, 0.25) is 0 Å². The second-order valence-corrected chi connectivity index (χ2v) is 9.50. The summed E-state index contributed by atoms with van der Waals surface area (Å²) in [6, 6.07) is 16.3. The van der Waals surface area contributed by atoms with E-state index in [1.54, 1.807) is 67.0 Å². The van der Waals surface area contributed by atoms with Gasteiger partial charge >= 0.3 is 0 Å². The van der Waals surface area contributed by atoms with Crippen molar-refractivity contribution < 1.29 is 19.4 Å². The predicted octanol–water partition coefficient (Wildman–Crippen LogP) is 5.28. The SMILES string of the molecule is CCOc1ccc(/C(O)=C2/C(=O)C(=O)N(c3ccc(C#N)cc3)C2c2ccncc2)cc1C(C)(C)C. The molecule has 0 spiro atoms. The fourth-order valence-electron chi connectivity index (χ4n) is 4.36. The summed E-state index contributed by atoms with van der Waals surface area (Å²) in [5.41, 5.74) is 2.48. The summed E-state index contributed by atoms with van der Waals surface area (Å²) < 4.78 is 5.79. The zero-order valence-corrected chi connectivity index (χ0v) is 20.6. The van der Waals surface area contributed by atoms with Crippen molar-refractivity contribution >= 4 is 23.1 Å². The van der Waals surface area contributed by atoms with Crippen LogP contribution in [0.5, 0.6) is 5.75 Å². The number of carbonyl (C=O) groups is 2. The molecule has 1 aromatic heterocycles. The van der Waals surface area contributed by atoms with Gasteiger partial charge < -0.3 is 9.84 Å². The molecule has 182 valence electrons. The first-order valence-corrected chi connectivity index (χ1v) is 11.7. The minimum Gasteiger partial charge on any atom is -0.507 e. The molecule has 0 saturated carbocycles. The number of ketones is 1. The molecule has 1 atom stereocenters. The van der Waals surface area contributed by atoms with Crippen molar-refractivity contribution in [2.45, 2.75) is 39.2 Å². The number of hydrogen-bond donors (Lipinski definition) is 1. The molecular formula is C29H27N3O4. The monoisotopic (exact) mass is 481 g/mol. The van der Waals surface area contributed by atoms with Crippen LogP contribution < -0.4 is 9.64 Å². The van der Waals surface area contributed by atoms with E-state index >= 15 is 0 Å². The maximum Gasteiger partial charge on any atom is 0.300 e. The van der Waals surface area contributed by atoms with Crippen LogP contribution in [0.4, 0.5) is 5.69 Å². The molecule has 7 nitrogen and oxygen atoms in total. The molecule has 0 radical (unpaired) electrons. The largest absolute Gasteiger partial charge is 0.507 e. The number of nitriles is 1. The Morgan fingerprint density at radius 1 is 1.08 bits per heavy atom. The Balaban J connectivity index is 1.92. The molecule has 1 aliphatic heterocycles. The van der Waals surface area contributed by atoms with Crippen LogP contribution in [0.25, 0.3) is 5.76 Å². The lowest BCUT2D eigenvalue weighted by molar-refractivity contribution is -0.132. The number of aromatic nitrogens is 1. The fraction of sp³-hybridized carbons (Fsp3) is 0.241. The number of amides is 1. The first-order valence-electron chi connectivity index (χ1n) is 11.7. The second-order valence-electron chi connectivity index (χ2n) is 9.50. The first kappa shape index (κ1) is 24.7. The van der Waals surface area contributed by atoms with Gasteiger partial charge in [-0.25, -0.2) is 0 Å². The van der Waals surface area contributed by atoms with Gasteiger partial charge in [0.25, 0.3) is 11.7 Å². The number of carbonyl (C=O) groups excluding carboxylic acids is 2. The van der Waals surface area contributed by atoms with Gasteiger partial charge in [-0.05, 0) is 72.5 Å². The Morgan fingerprint density at radius 3 is 2.33 bits per heavy atom. The van der Waals surface area contributed by atoms with Crippen molar-refractivity contribution in [1.82, 2.24) is 4.98 Å². The normalized spacial score (nSPS) is 17.2. The maximum absolute atomic E-state index is 13.4. The Bertz CT molecular complexity index is 1380. The van der Waals surface area contributed by atoms with Crippen LogP contribution in [0.15, 0.2) is 72.6 Å². The fourth-order valence-corrected chi connectivity index (χ4v) is 4.36. The van der Waals surface area contributed by atoms with Gasteiger partial charge in [0.05, 0.1) is 29.9 Å². The molecule has 1 unspecified atom stereocenters. The van der Waals surface area contributed by atoms with Crippen molar-refractivity contribution in [3.05, 3.63) is 94.8 Å². The molecule has 0 aliphatic carbocycles. The van der Waals surface area contributed by atoms with E-state index in [0.717, 1.165) is 5.56 Å². The van der Waals surface area contributed by atoms with E-state index in [1.807, 2.05) is 33.8 Å². The van der Waals surface area contributed by atoms with E-state index in [0.29, 0.717) is 34.7 Å². The lowest BCUT2D eigenvalue weighted by Crippen LogP contribution is -2.29. The Hall–Kier alpha value is -4.44. The van der Waals surface area contributed by atoms with Gasteiger partial charge in [0.1, 0.15) is 11.5 Å². The highest BCUT2D eigenvalue weighted by molar-refractivity contribution is 6.51. The zero-order valence-electron chi connectivity index (χ0n) is 20.6. The van der Waals surface area contributed by atoms with Crippen LogP contribution in [0.1, 0.15) is 56.0 Å². The van der Waals surface area contributed by atoms with Gasteiger partial charge in [-0.2, -0.15) is 5.26 Å². The van der Waals surface area contributed by atoms with Crippen LogP contribution in [0.3, 0.4) is 0 Å².